The van der Waals surface area contributed by atoms with Crippen LogP contribution >= 0.6 is 0 Å². The summed E-state index contributed by atoms with van der Waals surface area (Å²) in [6, 6.07) is 3.42. The predicted molar refractivity (Wildman–Crippen MR) is 102 cm³/mol. The zero-order valence-electron chi connectivity index (χ0n) is 16.2. The molecule has 2 atom stereocenters. The number of anilines is 1. The second kappa shape index (κ2) is 6.95. The second-order valence-corrected chi connectivity index (χ2v) is 10.6. The van der Waals surface area contributed by atoms with Crippen LogP contribution in [0.25, 0.3) is 0 Å². The minimum absolute atomic E-state index is 0.0518. The van der Waals surface area contributed by atoms with Gasteiger partial charge in [0.2, 0.25) is 0 Å². The van der Waals surface area contributed by atoms with Gasteiger partial charge in [-0.25, -0.2) is 13.2 Å². The molecule has 3 rings (SSSR count). The molecule has 2 fully saturated rings. The van der Waals surface area contributed by atoms with Crippen molar-refractivity contribution in [3.05, 3.63) is 23.8 Å². The van der Waals surface area contributed by atoms with Crippen molar-refractivity contribution in [2.45, 2.75) is 61.8 Å². The van der Waals surface area contributed by atoms with Gasteiger partial charge in [-0.3, -0.25) is 4.79 Å². The number of carboxylic acids is 1. The fourth-order valence-corrected chi connectivity index (χ4v) is 5.46. The van der Waals surface area contributed by atoms with Crippen LogP contribution in [0.1, 0.15) is 51.6 Å². The van der Waals surface area contributed by atoms with Crippen LogP contribution in [0, 0.1) is 5.92 Å². The summed E-state index contributed by atoms with van der Waals surface area (Å²) < 4.78 is 31.3. The van der Waals surface area contributed by atoms with Gasteiger partial charge in [-0.15, -0.1) is 0 Å². The lowest BCUT2D eigenvalue weighted by Gasteiger charge is -2.31. The highest BCUT2D eigenvalue weighted by molar-refractivity contribution is 7.92. The number of hydrogen-bond acceptors (Lipinski definition) is 6. The summed E-state index contributed by atoms with van der Waals surface area (Å²) in [6.45, 7) is 5.31. The summed E-state index contributed by atoms with van der Waals surface area (Å²) in [4.78, 5) is 26.0. The van der Waals surface area contributed by atoms with E-state index in [1.165, 1.54) is 23.1 Å². The van der Waals surface area contributed by atoms with Gasteiger partial charge >= 0.3 is 12.1 Å². The van der Waals surface area contributed by atoms with Crippen molar-refractivity contribution in [2.75, 3.05) is 12.3 Å². The number of ether oxygens (including phenoxy) is 1. The Labute approximate surface area is 164 Å². The van der Waals surface area contributed by atoms with Gasteiger partial charge in [0, 0.05) is 12.2 Å². The maximum Gasteiger partial charge on any atom is 0.410 e. The smallest absolute Gasteiger partial charge is 0.410 e. The molecule has 1 aromatic rings. The number of hydrogen-bond donors (Lipinski definition) is 2. The number of nitrogen functional groups attached to an aromatic ring is 1. The standard InChI is InChI=1S/C19H26N2O6S/c1-19(2,3)27-18(24)21-9-8-13(17(22)23)16(21)14-10-11(20)4-7-15(14)28(25,26)12-5-6-12/h4,7,10,12-13,16H,5-6,8-9,20H2,1-3H3,(H,22,23)/t13?,16-/m1/s1. The van der Waals surface area contributed by atoms with Crippen LogP contribution in [0.15, 0.2) is 23.1 Å². The van der Waals surface area contributed by atoms with Crippen molar-refractivity contribution in [3.63, 3.8) is 0 Å². The zero-order valence-corrected chi connectivity index (χ0v) is 17.0. The van der Waals surface area contributed by atoms with Gasteiger partial charge in [0.1, 0.15) is 5.60 Å². The molecule has 1 aliphatic carbocycles. The van der Waals surface area contributed by atoms with Crippen molar-refractivity contribution in [1.29, 1.82) is 0 Å². The number of nitrogens with zero attached hydrogens (tertiary/aromatic N) is 1. The number of carbonyl (C=O) groups is 2. The van der Waals surface area contributed by atoms with E-state index >= 15 is 0 Å². The number of rotatable bonds is 4. The molecule has 1 aliphatic heterocycles. The Morgan fingerprint density at radius 2 is 1.86 bits per heavy atom. The first kappa shape index (κ1) is 20.4. The Balaban J connectivity index is 2.10. The van der Waals surface area contributed by atoms with Crippen molar-refractivity contribution in [2.24, 2.45) is 5.92 Å². The van der Waals surface area contributed by atoms with E-state index in [-0.39, 0.29) is 23.4 Å². The van der Waals surface area contributed by atoms with Crippen LogP contribution in [-0.2, 0) is 19.4 Å². The maximum absolute atomic E-state index is 12.9. The Bertz CT molecular complexity index is 901. The molecule has 1 heterocycles. The summed E-state index contributed by atoms with van der Waals surface area (Å²) in [5.74, 6) is -2.03. The first-order valence-electron chi connectivity index (χ1n) is 9.27. The molecule has 2 aliphatic rings. The van der Waals surface area contributed by atoms with Crippen LogP contribution in [0.3, 0.4) is 0 Å². The number of carboxylic acid groups (broad SMARTS) is 1. The van der Waals surface area contributed by atoms with Gasteiger partial charge in [-0.05, 0) is 63.8 Å². The third-order valence-corrected chi connectivity index (χ3v) is 7.30. The number of benzene rings is 1. The number of aliphatic carboxylic acids is 1. The van der Waals surface area contributed by atoms with E-state index in [1.54, 1.807) is 20.8 Å². The summed E-state index contributed by atoms with van der Waals surface area (Å²) in [5.41, 5.74) is 5.70. The lowest BCUT2D eigenvalue weighted by atomic mass is 9.93. The molecule has 0 spiro atoms. The summed E-state index contributed by atoms with van der Waals surface area (Å²) in [5, 5.41) is 9.24. The first-order chi connectivity index (χ1) is 12.9. The Morgan fingerprint density at radius 3 is 2.39 bits per heavy atom. The van der Waals surface area contributed by atoms with Crippen LogP contribution in [0.5, 0.6) is 0 Å². The highest BCUT2D eigenvalue weighted by Gasteiger charge is 2.47. The lowest BCUT2D eigenvalue weighted by Crippen LogP contribution is -2.38. The molecule has 8 nitrogen and oxygen atoms in total. The quantitative estimate of drug-likeness (QED) is 0.730. The number of nitrogens with two attached hydrogens (primary N) is 1. The number of amides is 1. The van der Waals surface area contributed by atoms with E-state index < -0.39 is 44.7 Å². The molecule has 154 valence electrons. The van der Waals surface area contributed by atoms with Gasteiger partial charge < -0.3 is 20.5 Å². The summed E-state index contributed by atoms with van der Waals surface area (Å²) in [7, 11) is -3.61. The summed E-state index contributed by atoms with van der Waals surface area (Å²) >= 11 is 0. The average Bonchev–Trinajstić information content (AvgIpc) is 3.31. The van der Waals surface area contributed by atoms with E-state index in [2.05, 4.69) is 0 Å². The molecule has 1 aromatic carbocycles. The first-order valence-corrected chi connectivity index (χ1v) is 10.8. The largest absolute Gasteiger partial charge is 0.481 e. The second-order valence-electron chi connectivity index (χ2n) is 8.39. The van der Waals surface area contributed by atoms with Crippen LogP contribution in [0.4, 0.5) is 10.5 Å². The molecule has 3 N–H and O–H groups in total. The van der Waals surface area contributed by atoms with E-state index in [9.17, 15) is 23.1 Å². The Morgan fingerprint density at radius 1 is 1.21 bits per heavy atom. The minimum atomic E-state index is -3.61. The number of sulfone groups is 1. The van der Waals surface area contributed by atoms with Crippen molar-refractivity contribution < 1.29 is 27.9 Å². The van der Waals surface area contributed by atoms with Crippen LogP contribution < -0.4 is 5.73 Å². The van der Waals surface area contributed by atoms with Crippen molar-refractivity contribution >= 4 is 27.6 Å². The van der Waals surface area contributed by atoms with Crippen LogP contribution in [-0.4, -0.2) is 47.9 Å². The Kier molecular flexibility index (Phi) is 5.07. The van der Waals surface area contributed by atoms with E-state index in [1.807, 2.05) is 0 Å². The summed E-state index contributed by atoms with van der Waals surface area (Å²) in [6.07, 6.45) is 0.694. The molecule has 0 aromatic heterocycles. The van der Waals surface area contributed by atoms with Gasteiger partial charge in [-0.1, -0.05) is 0 Å². The zero-order chi connectivity index (χ0) is 20.9. The normalized spacial score (nSPS) is 22.9. The predicted octanol–water partition coefficient (Wildman–Crippen LogP) is 2.59. The molecule has 1 amide bonds. The topological polar surface area (TPSA) is 127 Å². The van der Waals surface area contributed by atoms with Crippen molar-refractivity contribution in [3.8, 4) is 0 Å². The van der Waals surface area contributed by atoms with E-state index in [4.69, 9.17) is 10.5 Å². The molecule has 1 unspecified atom stereocenters. The van der Waals surface area contributed by atoms with Gasteiger partial charge in [0.15, 0.2) is 9.84 Å². The van der Waals surface area contributed by atoms with Crippen molar-refractivity contribution in [1.82, 2.24) is 4.90 Å². The SMILES string of the molecule is CC(C)(C)OC(=O)N1CCC(C(=O)O)[C@@H]1c1cc(N)ccc1S(=O)(=O)C1CC1. The van der Waals surface area contributed by atoms with Gasteiger partial charge in [0.25, 0.3) is 0 Å². The van der Waals surface area contributed by atoms with E-state index in [0.717, 1.165) is 0 Å². The van der Waals surface area contributed by atoms with E-state index in [0.29, 0.717) is 18.5 Å². The molecule has 1 saturated carbocycles. The molecule has 9 heteroatoms. The average molecular weight is 410 g/mol. The third-order valence-electron chi connectivity index (χ3n) is 4.97. The minimum Gasteiger partial charge on any atom is -0.481 e. The molecular weight excluding hydrogens is 384 g/mol. The molecular formula is C19H26N2O6S. The highest BCUT2D eigenvalue weighted by Crippen LogP contribution is 2.44. The Hall–Kier alpha value is -2.29. The fraction of sp³-hybridized carbons (Fsp3) is 0.579. The lowest BCUT2D eigenvalue weighted by molar-refractivity contribution is -0.142. The van der Waals surface area contributed by atoms with Gasteiger partial charge in [0.05, 0.1) is 22.1 Å². The third kappa shape index (κ3) is 3.94. The highest BCUT2D eigenvalue weighted by atomic mass is 32.2. The molecule has 28 heavy (non-hydrogen) atoms. The fourth-order valence-electron chi connectivity index (χ4n) is 3.58. The maximum atomic E-state index is 12.9. The molecule has 0 bridgehead atoms. The monoisotopic (exact) mass is 410 g/mol. The van der Waals surface area contributed by atoms with Crippen LogP contribution in [0.2, 0.25) is 0 Å². The molecule has 1 saturated heterocycles. The van der Waals surface area contributed by atoms with Gasteiger partial charge in [-0.2, -0.15) is 0 Å². The number of carbonyl (C=O) groups excluding carboxylic acids is 1. The number of likely N-dealkylation sites (tertiary alicyclic amines) is 1. The molecule has 0 radical (unpaired) electrons.